The molecule has 15 heavy (non-hydrogen) atoms. The summed E-state index contributed by atoms with van der Waals surface area (Å²) in [7, 11) is 0. The lowest BCUT2D eigenvalue weighted by atomic mass is 10.0. The zero-order chi connectivity index (χ0) is 11.8. The summed E-state index contributed by atoms with van der Waals surface area (Å²) in [4.78, 5) is 10.9. The molecule has 0 N–H and O–H groups in total. The number of ketones is 1. The van der Waals surface area contributed by atoms with E-state index >= 15 is 0 Å². The molecule has 0 aliphatic rings. The second-order valence-electron chi connectivity index (χ2n) is 4.79. The summed E-state index contributed by atoms with van der Waals surface area (Å²) in [6, 6.07) is 0. The summed E-state index contributed by atoms with van der Waals surface area (Å²) in [5, 5.41) is 0. The molecule has 1 heteroatoms. The van der Waals surface area contributed by atoms with Gasteiger partial charge in [0.05, 0.1) is 0 Å². The van der Waals surface area contributed by atoms with Gasteiger partial charge in [-0.3, -0.25) is 0 Å². The quantitative estimate of drug-likeness (QED) is 0.599. The number of hydrogen-bond donors (Lipinski definition) is 0. The Hall–Kier alpha value is -0.850. The molecule has 0 unspecified atom stereocenters. The average molecular weight is 208 g/mol. The predicted molar refractivity (Wildman–Crippen MR) is 66.8 cm³/mol. The highest BCUT2D eigenvalue weighted by Gasteiger charge is 1.99. The first-order valence-electron chi connectivity index (χ1n) is 5.80. The van der Waals surface area contributed by atoms with Crippen LogP contribution in [-0.2, 0) is 4.79 Å². The van der Waals surface area contributed by atoms with Crippen molar-refractivity contribution in [3.05, 3.63) is 23.8 Å². The van der Waals surface area contributed by atoms with E-state index < -0.39 is 0 Å². The van der Waals surface area contributed by atoms with Crippen LogP contribution < -0.4 is 0 Å². The van der Waals surface area contributed by atoms with E-state index in [1.54, 1.807) is 6.92 Å². The topological polar surface area (TPSA) is 17.1 Å². The summed E-state index contributed by atoms with van der Waals surface area (Å²) in [6.07, 6.45) is 8.11. The minimum absolute atomic E-state index is 0.266. The Labute approximate surface area is 94.3 Å². The third kappa shape index (κ3) is 9.45. The summed E-state index contributed by atoms with van der Waals surface area (Å²) in [6.45, 7) is 10.3. The molecule has 0 radical (unpaired) electrons. The van der Waals surface area contributed by atoms with Crippen LogP contribution in [0, 0.1) is 11.8 Å². The Morgan fingerprint density at radius 3 is 2.07 bits per heavy atom. The lowest BCUT2D eigenvalue weighted by molar-refractivity contribution is -0.116. The highest BCUT2D eigenvalue weighted by molar-refractivity contribution is 5.75. The van der Waals surface area contributed by atoms with E-state index in [2.05, 4.69) is 45.9 Å². The van der Waals surface area contributed by atoms with Gasteiger partial charge in [0.15, 0.2) is 0 Å². The van der Waals surface area contributed by atoms with Crippen LogP contribution in [0.4, 0.5) is 0 Å². The van der Waals surface area contributed by atoms with Gasteiger partial charge in [0, 0.05) is 6.42 Å². The molecule has 1 nitrogen and oxygen atoms in total. The molecule has 0 aromatic carbocycles. The maximum absolute atomic E-state index is 10.9. The zero-order valence-corrected chi connectivity index (χ0v) is 10.7. The van der Waals surface area contributed by atoms with E-state index in [1.165, 1.54) is 5.57 Å². The summed E-state index contributed by atoms with van der Waals surface area (Å²) in [5.41, 5.74) is 1.29. The Morgan fingerprint density at radius 2 is 1.67 bits per heavy atom. The summed E-state index contributed by atoms with van der Waals surface area (Å²) < 4.78 is 0. The minimum atomic E-state index is 0.266. The fourth-order valence-corrected chi connectivity index (χ4v) is 1.29. The van der Waals surface area contributed by atoms with E-state index in [0.717, 1.165) is 6.42 Å². The molecule has 0 bridgehead atoms. The molecule has 0 aromatic rings. The Balaban J connectivity index is 4.38. The standard InChI is InChI=1S/C14H24O/c1-11(2)6-8-14(10-12(3)4)9-7-13(5)15/h6,8,10-12H,7,9H2,1-5H3/b8-6-,14-10+. The maximum Gasteiger partial charge on any atom is 0.130 e. The van der Waals surface area contributed by atoms with Crippen LogP contribution >= 0.6 is 0 Å². The van der Waals surface area contributed by atoms with Gasteiger partial charge >= 0.3 is 0 Å². The van der Waals surface area contributed by atoms with E-state index in [4.69, 9.17) is 0 Å². The maximum atomic E-state index is 10.9. The highest BCUT2D eigenvalue weighted by atomic mass is 16.1. The molecule has 0 aliphatic carbocycles. The van der Waals surface area contributed by atoms with Crippen LogP contribution in [0.3, 0.4) is 0 Å². The van der Waals surface area contributed by atoms with Gasteiger partial charge in [0.1, 0.15) is 5.78 Å². The third-order valence-corrected chi connectivity index (χ3v) is 2.01. The fourth-order valence-electron chi connectivity index (χ4n) is 1.29. The molecular weight excluding hydrogens is 184 g/mol. The molecule has 86 valence electrons. The first-order chi connectivity index (χ1) is 6.91. The molecule has 0 heterocycles. The number of allylic oxidation sites excluding steroid dienone is 4. The van der Waals surface area contributed by atoms with Crippen LogP contribution in [0.1, 0.15) is 47.5 Å². The Bertz CT molecular complexity index is 244. The first kappa shape index (κ1) is 14.2. The monoisotopic (exact) mass is 208 g/mol. The van der Waals surface area contributed by atoms with Gasteiger partial charge in [-0.25, -0.2) is 0 Å². The van der Waals surface area contributed by atoms with Crippen molar-refractivity contribution in [2.24, 2.45) is 11.8 Å². The van der Waals surface area contributed by atoms with Gasteiger partial charge in [-0.15, -0.1) is 0 Å². The Morgan fingerprint density at radius 1 is 1.07 bits per heavy atom. The van der Waals surface area contributed by atoms with Crippen molar-refractivity contribution in [3.63, 3.8) is 0 Å². The van der Waals surface area contributed by atoms with Crippen LogP contribution in [0.5, 0.6) is 0 Å². The van der Waals surface area contributed by atoms with Crippen molar-refractivity contribution in [2.45, 2.75) is 47.5 Å². The van der Waals surface area contributed by atoms with Gasteiger partial charge in [-0.1, -0.05) is 51.5 Å². The number of rotatable bonds is 6. The average Bonchev–Trinajstić information content (AvgIpc) is 2.08. The summed E-state index contributed by atoms with van der Waals surface area (Å²) in [5.74, 6) is 1.38. The summed E-state index contributed by atoms with van der Waals surface area (Å²) >= 11 is 0. The molecule has 0 atom stereocenters. The van der Waals surface area contributed by atoms with E-state index in [0.29, 0.717) is 18.3 Å². The molecule has 0 rings (SSSR count). The van der Waals surface area contributed by atoms with Gasteiger partial charge in [-0.05, 0) is 25.2 Å². The second kappa shape index (κ2) is 7.44. The van der Waals surface area contributed by atoms with Crippen LogP contribution in [0.15, 0.2) is 23.8 Å². The van der Waals surface area contributed by atoms with Crippen molar-refractivity contribution in [3.8, 4) is 0 Å². The van der Waals surface area contributed by atoms with Crippen LogP contribution in [-0.4, -0.2) is 5.78 Å². The van der Waals surface area contributed by atoms with Gasteiger partial charge < -0.3 is 4.79 Å². The van der Waals surface area contributed by atoms with Crippen molar-refractivity contribution in [2.75, 3.05) is 0 Å². The van der Waals surface area contributed by atoms with Crippen molar-refractivity contribution < 1.29 is 4.79 Å². The molecule has 0 spiro atoms. The minimum Gasteiger partial charge on any atom is -0.300 e. The number of carbonyl (C=O) groups excluding carboxylic acids is 1. The lowest BCUT2D eigenvalue weighted by Gasteiger charge is -2.04. The molecule has 0 saturated heterocycles. The number of hydrogen-bond acceptors (Lipinski definition) is 1. The first-order valence-corrected chi connectivity index (χ1v) is 5.80. The van der Waals surface area contributed by atoms with E-state index in [-0.39, 0.29) is 5.78 Å². The van der Waals surface area contributed by atoms with Crippen LogP contribution in [0.2, 0.25) is 0 Å². The molecule has 0 aromatic heterocycles. The Kier molecular flexibility index (Phi) is 7.02. The van der Waals surface area contributed by atoms with Crippen LogP contribution in [0.25, 0.3) is 0 Å². The zero-order valence-electron chi connectivity index (χ0n) is 10.7. The predicted octanol–water partition coefficient (Wildman–Crippen LogP) is 4.15. The normalized spacial score (nSPS) is 13.1. The third-order valence-electron chi connectivity index (χ3n) is 2.01. The molecular formula is C14H24O. The van der Waals surface area contributed by atoms with Gasteiger partial charge in [0.25, 0.3) is 0 Å². The number of Topliss-reactive ketones (excluding diaryl/α,β-unsaturated/α-hetero) is 1. The molecule has 0 fully saturated rings. The highest BCUT2D eigenvalue weighted by Crippen LogP contribution is 2.12. The van der Waals surface area contributed by atoms with Gasteiger partial charge in [0.2, 0.25) is 0 Å². The van der Waals surface area contributed by atoms with E-state index in [1.807, 2.05) is 0 Å². The SMILES string of the molecule is CC(=O)CCC(/C=C\C(C)C)=C/C(C)C. The number of carbonyl (C=O) groups is 1. The van der Waals surface area contributed by atoms with Crippen molar-refractivity contribution in [1.82, 2.24) is 0 Å². The van der Waals surface area contributed by atoms with Crippen molar-refractivity contribution in [1.29, 1.82) is 0 Å². The lowest BCUT2D eigenvalue weighted by Crippen LogP contribution is -1.93. The molecule has 0 aliphatic heterocycles. The van der Waals surface area contributed by atoms with Gasteiger partial charge in [-0.2, -0.15) is 0 Å². The largest absolute Gasteiger partial charge is 0.300 e. The van der Waals surface area contributed by atoms with Crippen molar-refractivity contribution >= 4 is 5.78 Å². The molecule has 0 saturated carbocycles. The second-order valence-corrected chi connectivity index (χ2v) is 4.79. The fraction of sp³-hybridized carbons (Fsp3) is 0.643. The molecule has 0 amide bonds. The van der Waals surface area contributed by atoms with E-state index in [9.17, 15) is 4.79 Å². The smallest absolute Gasteiger partial charge is 0.130 e.